The maximum Gasteiger partial charge on any atom is 0.271 e. The summed E-state index contributed by atoms with van der Waals surface area (Å²) in [6.07, 6.45) is -0.888. The molecule has 114 valence electrons. The summed E-state index contributed by atoms with van der Waals surface area (Å²) in [6.45, 7) is 1.50. The van der Waals surface area contributed by atoms with Crippen molar-refractivity contribution in [2.45, 2.75) is 13.0 Å². The number of anilines is 1. The van der Waals surface area contributed by atoms with Gasteiger partial charge in [0.2, 0.25) is 0 Å². The largest absolute Gasteiger partial charge is 0.481 e. The molecule has 0 saturated carbocycles. The molecule has 0 aliphatic rings. The third kappa shape index (κ3) is 4.02. The van der Waals surface area contributed by atoms with Crippen LogP contribution in [0, 0.1) is 15.9 Å². The lowest BCUT2D eigenvalue weighted by Gasteiger charge is -2.14. The normalized spacial score (nSPS) is 11.5. The number of amides is 1. The predicted octanol–water partition coefficient (Wildman–Crippen LogP) is 3.14. The summed E-state index contributed by atoms with van der Waals surface area (Å²) in [5.74, 6) is -0.741. The molecule has 0 spiro atoms. The Kier molecular flexibility index (Phi) is 4.67. The number of benzene rings is 2. The average molecular weight is 304 g/mol. The number of hydrogen-bond acceptors (Lipinski definition) is 4. The van der Waals surface area contributed by atoms with Gasteiger partial charge in [-0.15, -0.1) is 0 Å². The van der Waals surface area contributed by atoms with Crippen molar-refractivity contribution in [1.29, 1.82) is 0 Å². The van der Waals surface area contributed by atoms with Crippen molar-refractivity contribution in [3.8, 4) is 5.75 Å². The van der Waals surface area contributed by atoms with E-state index in [0.717, 1.165) is 6.07 Å². The molecule has 0 bridgehead atoms. The molecular formula is C15H13FN2O4. The van der Waals surface area contributed by atoms with Gasteiger partial charge in [0.15, 0.2) is 6.10 Å². The summed E-state index contributed by atoms with van der Waals surface area (Å²) in [6, 6.07) is 11.0. The molecule has 2 aromatic carbocycles. The van der Waals surface area contributed by atoms with Crippen LogP contribution in [0.1, 0.15) is 6.92 Å². The average Bonchev–Trinajstić information content (AvgIpc) is 2.47. The number of halogens is 1. The van der Waals surface area contributed by atoms with E-state index in [1.807, 2.05) is 0 Å². The number of nitrogens with zero attached hydrogens (tertiary/aromatic N) is 1. The number of ether oxygens (including phenoxy) is 1. The van der Waals surface area contributed by atoms with Crippen molar-refractivity contribution in [3.05, 3.63) is 64.5 Å². The monoisotopic (exact) mass is 304 g/mol. The molecule has 1 amide bonds. The molecule has 7 heteroatoms. The molecule has 0 fully saturated rings. The number of carbonyl (C=O) groups is 1. The van der Waals surface area contributed by atoms with Crippen molar-refractivity contribution in [1.82, 2.24) is 0 Å². The lowest BCUT2D eigenvalue weighted by molar-refractivity contribution is -0.384. The van der Waals surface area contributed by atoms with Crippen LogP contribution in [0.25, 0.3) is 0 Å². The summed E-state index contributed by atoms with van der Waals surface area (Å²) in [7, 11) is 0. The maximum atomic E-state index is 13.0. The smallest absolute Gasteiger partial charge is 0.271 e. The minimum atomic E-state index is -0.888. The fourth-order valence-electron chi connectivity index (χ4n) is 1.74. The molecule has 0 aliphatic carbocycles. The Labute approximate surface area is 125 Å². The van der Waals surface area contributed by atoms with Crippen LogP contribution in [0.4, 0.5) is 15.8 Å². The van der Waals surface area contributed by atoms with E-state index in [9.17, 15) is 19.3 Å². The summed E-state index contributed by atoms with van der Waals surface area (Å²) >= 11 is 0. The molecule has 0 heterocycles. The van der Waals surface area contributed by atoms with Crippen LogP contribution in [-0.4, -0.2) is 16.9 Å². The van der Waals surface area contributed by atoms with Gasteiger partial charge in [0.25, 0.3) is 11.6 Å². The molecule has 22 heavy (non-hydrogen) atoms. The quantitative estimate of drug-likeness (QED) is 0.679. The molecule has 1 N–H and O–H groups in total. The van der Waals surface area contributed by atoms with E-state index in [2.05, 4.69) is 5.32 Å². The van der Waals surface area contributed by atoms with E-state index >= 15 is 0 Å². The van der Waals surface area contributed by atoms with E-state index in [0.29, 0.717) is 0 Å². The first-order valence-corrected chi connectivity index (χ1v) is 6.43. The van der Waals surface area contributed by atoms with Gasteiger partial charge >= 0.3 is 0 Å². The topological polar surface area (TPSA) is 81.5 Å². The first-order valence-electron chi connectivity index (χ1n) is 6.43. The van der Waals surface area contributed by atoms with Gasteiger partial charge < -0.3 is 10.1 Å². The second-order valence-electron chi connectivity index (χ2n) is 4.51. The summed E-state index contributed by atoms with van der Waals surface area (Å²) in [4.78, 5) is 22.1. The van der Waals surface area contributed by atoms with Crippen LogP contribution in [0.3, 0.4) is 0 Å². The summed E-state index contributed by atoms with van der Waals surface area (Å²) in [5, 5.41) is 13.2. The molecule has 0 saturated heterocycles. The number of hydrogen-bond donors (Lipinski definition) is 1. The second kappa shape index (κ2) is 6.66. The van der Waals surface area contributed by atoms with E-state index < -0.39 is 22.8 Å². The number of rotatable bonds is 5. The zero-order valence-corrected chi connectivity index (χ0v) is 11.7. The van der Waals surface area contributed by atoms with Crippen molar-refractivity contribution in [2.75, 3.05) is 5.32 Å². The van der Waals surface area contributed by atoms with Crippen LogP contribution < -0.4 is 10.1 Å². The first-order chi connectivity index (χ1) is 10.5. The Morgan fingerprint density at radius 1 is 1.27 bits per heavy atom. The molecule has 0 unspecified atom stereocenters. The van der Waals surface area contributed by atoms with E-state index in [-0.39, 0.29) is 17.1 Å². The number of nitro benzene ring substituents is 1. The Morgan fingerprint density at radius 3 is 2.68 bits per heavy atom. The molecule has 0 radical (unpaired) electrons. The van der Waals surface area contributed by atoms with Crippen LogP contribution in [0.15, 0.2) is 48.5 Å². The summed E-state index contributed by atoms with van der Waals surface area (Å²) in [5.41, 5.74) is 0.158. The van der Waals surface area contributed by atoms with Gasteiger partial charge in [-0.3, -0.25) is 14.9 Å². The van der Waals surface area contributed by atoms with Crippen LogP contribution in [-0.2, 0) is 4.79 Å². The third-order valence-corrected chi connectivity index (χ3v) is 2.80. The molecule has 1 atom stereocenters. The number of nitrogens with one attached hydrogen (secondary N) is 1. The zero-order chi connectivity index (χ0) is 16.1. The van der Waals surface area contributed by atoms with Gasteiger partial charge in [0, 0.05) is 23.9 Å². The Balaban J connectivity index is 2.02. The van der Waals surface area contributed by atoms with Crippen LogP contribution >= 0.6 is 0 Å². The molecule has 0 aliphatic heterocycles. The highest BCUT2D eigenvalue weighted by Crippen LogP contribution is 2.18. The molecule has 6 nitrogen and oxygen atoms in total. The van der Waals surface area contributed by atoms with Gasteiger partial charge in [-0.25, -0.2) is 4.39 Å². The summed E-state index contributed by atoms with van der Waals surface area (Å²) < 4.78 is 18.4. The van der Waals surface area contributed by atoms with Crippen molar-refractivity contribution in [2.24, 2.45) is 0 Å². The van der Waals surface area contributed by atoms with Gasteiger partial charge in [-0.05, 0) is 25.1 Å². The minimum Gasteiger partial charge on any atom is -0.481 e. The highest BCUT2D eigenvalue weighted by atomic mass is 19.1. The standard InChI is InChI=1S/C15H13FN2O4/c1-10(22-14-7-2-4-11(16)8-14)15(19)17-12-5-3-6-13(9-12)18(20)21/h2-10H,1H3,(H,17,19)/t10-/m0/s1. The molecule has 0 aromatic heterocycles. The fraction of sp³-hybridized carbons (Fsp3) is 0.133. The first kappa shape index (κ1) is 15.4. The van der Waals surface area contributed by atoms with Gasteiger partial charge in [0.1, 0.15) is 11.6 Å². The van der Waals surface area contributed by atoms with E-state index in [4.69, 9.17) is 4.74 Å². The SMILES string of the molecule is C[C@H](Oc1cccc(F)c1)C(=O)Nc1cccc([N+](=O)[O-])c1. The molecule has 2 rings (SSSR count). The minimum absolute atomic E-state index is 0.128. The highest BCUT2D eigenvalue weighted by molar-refractivity contribution is 5.94. The zero-order valence-electron chi connectivity index (χ0n) is 11.7. The molecule has 2 aromatic rings. The van der Waals surface area contributed by atoms with Crippen molar-refractivity contribution < 1.29 is 18.8 Å². The fourth-order valence-corrected chi connectivity index (χ4v) is 1.74. The maximum absolute atomic E-state index is 13.0. The third-order valence-electron chi connectivity index (χ3n) is 2.80. The van der Waals surface area contributed by atoms with Crippen molar-refractivity contribution in [3.63, 3.8) is 0 Å². The Bertz CT molecular complexity index is 705. The number of non-ortho nitro benzene ring substituents is 1. The van der Waals surface area contributed by atoms with E-state index in [1.165, 1.54) is 49.4 Å². The number of carbonyl (C=O) groups excluding carboxylic acids is 1. The Hall–Kier alpha value is -2.96. The Morgan fingerprint density at radius 2 is 2.00 bits per heavy atom. The van der Waals surface area contributed by atoms with Crippen LogP contribution in [0.5, 0.6) is 5.75 Å². The van der Waals surface area contributed by atoms with Gasteiger partial charge in [-0.2, -0.15) is 0 Å². The number of nitro groups is 1. The van der Waals surface area contributed by atoms with Gasteiger partial charge in [0.05, 0.1) is 4.92 Å². The lowest BCUT2D eigenvalue weighted by Crippen LogP contribution is -2.30. The van der Waals surface area contributed by atoms with E-state index in [1.54, 1.807) is 0 Å². The lowest BCUT2D eigenvalue weighted by atomic mass is 10.2. The second-order valence-corrected chi connectivity index (χ2v) is 4.51. The van der Waals surface area contributed by atoms with Gasteiger partial charge in [-0.1, -0.05) is 12.1 Å². The highest BCUT2D eigenvalue weighted by Gasteiger charge is 2.16. The van der Waals surface area contributed by atoms with Crippen LogP contribution in [0.2, 0.25) is 0 Å². The molecular weight excluding hydrogens is 291 g/mol. The predicted molar refractivity (Wildman–Crippen MR) is 78.2 cm³/mol. The van der Waals surface area contributed by atoms with Crippen molar-refractivity contribution >= 4 is 17.3 Å².